The van der Waals surface area contributed by atoms with Crippen LogP contribution in [0.25, 0.3) is 0 Å². The molecule has 2 heterocycles. The van der Waals surface area contributed by atoms with Crippen molar-refractivity contribution in [2.45, 2.75) is 32.7 Å². The summed E-state index contributed by atoms with van der Waals surface area (Å²) in [6.07, 6.45) is 5.89. The van der Waals surface area contributed by atoms with Gasteiger partial charge in [0.2, 0.25) is 5.91 Å². The van der Waals surface area contributed by atoms with Gasteiger partial charge >= 0.3 is 0 Å². The van der Waals surface area contributed by atoms with Gasteiger partial charge in [-0.05, 0) is 43.0 Å². The summed E-state index contributed by atoms with van der Waals surface area (Å²) >= 11 is 3.53. The van der Waals surface area contributed by atoms with Crippen molar-refractivity contribution in [1.29, 1.82) is 0 Å². The zero-order valence-electron chi connectivity index (χ0n) is 11.9. The standard InChI is InChI=1S/C15H17BrN4O/c1-11-9-13(16)10-12-3-2-6-20(15(11)12)14(21)4-7-19-8-5-17-18-19/h5,8-10H,2-4,6-7H2,1H3. The molecule has 1 aromatic carbocycles. The summed E-state index contributed by atoms with van der Waals surface area (Å²) in [6.45, 7) is 3.43. The van der Waals surface area contributed by atoms with Crippen molar-refractivity contribution in [1.82, 2.24) is 15.0 Å². The molecule has 0 aliphatic carbocycles. The monoisotopic (exact) mass is 348 g/mol. The molecular weight excluding hydrogens is 332 g/mol. The number of amides is 1. The lowest BCUT2D eigenvalue weighted by molar-refractivity contribution is -0.119. The van der Waals surface area contributed by atoms with Gasteiger partial charge in [-0.15, -0.1) is 5.10 Å². The minimum absolute atomic E-state index is 0.150. The lowest BCUT2D eigenvalue weighted by Crippen LogP contribution is -2.36. The van der Waals surface area contributed by atoms with Crippen LogP contribution in [0.3, 0.4) is 0 Å². The number of hydrogen-bond acceptors (Lipinski definition) is 3. The number of carbonyl (C=O) groups excluding carboxylic acids is 1. The first kappa shape index (κ1) is 14.3. The van der Waals surface area contributed by atoms with Crippen LogP contribution in [0.5, 0.6) is 0 Å². The highest BCUT2D eigenvalue weighted by Gasteiger charge is 2.24. The van der Waals surface area contributed by atoms with Crippen LogP contribution in [-0.2, 0) is 17.8 Å². The number of hydrogen-bond donors (Lipinski definition) is 0. The normalized spacial score (nSPS) is 14.1. The van der Waals surface area contributed by atoms with Gasteiger partial charge in [0.15, 0.2) is 0 Å². The Labute approximate surface area is 132 Å². The van der Waals surface area contributed by atoms with E-state index in [0.29, 0.717) is 13.0 Å². The van der Waals surface area contributed by atoms with Crippen molar-refractivity contribution in [2.24, 2.45) is 0 Å². The van der Waals surface area contributed by atoms with Crippen LogP contribution in [-0.4, -0.2) is 27.4 Å². The van der Waals surface area contributed by atoms with Gasteiger partial charge in [0, 0.05) is 29.3 Å². The Balaban J connectivity index is 1.79. The zero-order chi connectivity index (χ0) is 14.8. The summed E-state index contributed by atoms with van der Waals surface area (Å²) in [5.74, 6) is 0.150. The third kappa shape index (κ3) is 3.00. The number of halogens is 1. The summed E-state index contributed by atoms with van der Waals surface area (Å²) in [7, 11) is 0. The minimum Gasteiger partial charge on any atom is -0.312 e. The number of rotatable bonds is 3. The highest BCUT2D eigenvalue weighted by molar-refractivity contribution is 9.10. The Kier molecular flexibility index (Phi) is 4.05. The number of fused-ring (bicyclic) bond motifs is 1. The Bertz CT molecular complexity index is 654. The molecule has 2 aromatic rings. The van der Waals surface area contributed by atoms with Crippen molar-refractivity contribution in [2.75, 3.05) is 11.4 Å². The Morgan fingerprint density at radius 2 is 2.29 bits per heavy atom. The fraction of sp³-hybridized carbons (Fsp3) is 0.400. The van der Waals surface area contributed by atoms with Crippen molar-refractivity contribution in [3.63, 3.8) is 0 Å². The lowest BCUT2D eigenvalue weighted by Gasteiger charge is -2.31. The van der Waals surface area contributed by atoms with Crippen LogP contribution in [0.1, 0.15) is 24.0 Å². The van der Waals surface area contributed by atoms with Crippen molar-refractivity contribution in [3.05, 3.63) is 40.1 Å². The largest absolute Gasteiger partial charge is 0.312 e. The van der Waals surface area contributed by atoms with Crippen LogP contribution in [0.2, 0.25) is 0 Å². The number of carbonyl (C=O) groups is 1. The maximum absolute atomic E-state index is 12.5. The average molecular weight is 349 g/mol. The van der Waals surface area contributed by atoms with E-state index < -0.39 is 0 Å². The van der Waals surface area contributed by atoms with Gasteiger partial charge in [-0.3, -0.25) is 9.48 Å². The second-order valence-electron chi connectivity index (χ2n) is 5.30. The highest BCUT2D eigenvalue weighted by atomic mass is 79.9. The predicted molar refractivity (Wildman–Crippen MR) is 84.2 cm³/mol. The van der Waals surface area contributed by atoms with E-state index in [2.05, 4.69) is 45.3 Å². The molecule has 0 bridgehead atoms. The first-order chi connectivity index (χ1) is 10.1. The molecule has 0 atom stereocenters. The molecule has 3 rings (SSSR count). The zero-order valence-corrected chi connectivity index (χ0v) is 13.5. The fourth-order valence-corrected chi connectivity index (χ4v) is 3.49. The van der Waals surface area contributed by atoms with Gasteiger partial charge in [0.1, 0.15) is 0 Å². The molecule has 5 nitrogen and oxygen atoms in total. The van der Waals surface area contributed by atoms with E-state index in [-0.39, 0.29) is 5.91 Å². The molecule has 1 amide bonds. The topological polar surface area (TPSA) is 51.0 Å². The quantitative estimate of drug-likeness (QED) is 0.856. The van der Waals surface area contributed by atoms with Gasteiger partial charge in [-0.2, -0.15) is 0 Å². The molecule has 0 saturated carbocycles. The third-order valence-corrected chi connectivity index (χ3v) is 4.23. The van der Waals surface area contributed by atoms with E-state index in [1.807, 2.05) is 4.90 Å². The molecule has 1 aliphatic rings. The van der Waals surface area contributed by atoms with Crippen LogP contribution in [0, 0.1) is 6.92 Å². The maximum Gasteiger partial charge on any atom is 0.228 e. The molecule has 110 valence electrons. The van der Waals surface area contributed by atoms with E-state index >= 15 is 0 Å². The lowest BCUT2D eigenvalue weighted by atomic mass is 9.98. The van der Waals surface area contributed by atoms with Gasteiger partial charge in [0.25, 0.3) is 0 Å². The number of benzene rings is 1. The van der Waals surface area contributed by atoms with Crippen LogP contribution >= 0.6 is 15.9 Å². The third-order valence-electron chi connectivity index (χ3n) is 3.77. The molecule has 1 aromatic heterocycles. The fourth-order valence-electron chi connectivity index (χ4n) is 2.87. The van der Waals surface area contributed by atoms with Gasteiger partial charge in [0.05, 0.1) is 12.7 Å². The summed E-state index contributed by atoms with van der Waals surface area (Å²) < 4.78 is 2.77. The first-order valence-electron chi connectivity index (χ1n) is 7.08. The number of nitrogens with zero attached hydrogens (tertiary/aromatic N) is 4. The van der Waals surface area contributed by atoms with Crippen molar-refractivity contribution < 1.29 is 4.79 Å². The van der Waals surface area contributed by atoms with E-state index in [0.717, 1.165) is 35.1 Å². The van der Waals surface area contributed by atoms with Crippen molar-refractivity contribution in [3.8, 4) is 0 Å². The molecule has 0 radical (unpaired) electrons. The molecule has 1 aliphatic heterocycles. The maximum atomic E-state index is 12.5. The van der Waals surface area contributed by atoms with Crippen LogP contribution < -0.4 is 4.90 Å². The highest BCUT2D eigenvalue weighted by Crippen LogP contribution is 2.33. The molecule has 0 spiro atoms. The minimum atomic E-state index is 0.150. The summed E-state index contributed by atoms with van der Waals surface area (Å²) in [6, 6.07) is 4.20. The van der Waals surface area contributed by atoms with E-state index in [1.165, 1.54) is 5.56 Å². The second-order valence-corrected chi connectivity index (χ2v) is 6.21. The first-order valence-corrected chi connectivity index (χ1v) is 7.88. The molecule has 0 saturated heterocycles. The Morgan fingerprint density at radius 1 is 1.43 bits per heavy atom. The van der Waals surface area contributed by atoms with E-state index in [9.17, 15) is 4.79 Å². The Hall–Kier alpha value is -1.69. The molecule has 0 unspecified atom stereocenters. The smallest absolute Gasteiger partial charge is 0.228 e. The second kappa shape index (κ2) is 5.97. The van der Waals surface area contributed by atoms with Crippen molar-refractivity contribution >= 4 is 27.5 Å². The number of aryl methyl sites for hydroxylation is 3. The summed E-state index contributed by atoms with van der Waals surface area (Å²) in [4.78, 5) is 14.5. The summed E-state index contributed by atoms with van der Waals surface area (Å²) in [5.41, 5.74) is 3.49. The van der Waals surface area contributed by atoms with E-state index in [4.69, 9.17) is 0 Å². The average Bonchev–Trinajstić information content (AvgIpc) is 2.97. The summed E-state index contributed by atoms with van der Waals surface area (Å²) in [5, 5.41) is 7.65. The van der Waals surface area contributed by atoms with Crippen LogP contribution in [0.15, 0.2) is 29.0 Å². The van der Waals surface area contributed by atoms with E-state index in [1.54, 1.807) is 17.1 Å². The molecular formula is C15H17BrN4O. The van der Waals surface area contributed by atoms with Crippen LogP contribution in [0.4, 0.5) is 5.69 Å². The molecule has 0 N–H and O–H groups in total. The number of aromatic nitrogens is 3. The molecule has 21 heavy (non-hydrogen) atoms. The SMILES string of the molecule is Cc1cc(Br)cc2c1N(C(=O)CCn1ccnn1)CCC2. The van der Waals surface area contributed by atoms with Gasteiger partial charge in [-0.1, -0.05) is 21.1 Å². The molecule has 0 fully saturated rings. The van der Waals surface area contributed by atoms with Gasteiger partial charge < -0.3 is 4.90 Å². The Morgan fingerprint density at radius 3 is 3.05 bits per heavy atom. The predicted octanol–water partition coefficient (Wildman–Crippen LogP) is 2.72. The number of anilines is 1. The van der Waals surface area contributed by atoms with Gasteiger partial charge in [-0.25, -0.2) is 0 Å². The molecule has 6 heteroatoms.